The lowest BCUT2D eigenvalue weighted by atomic mass is 9.87. The molecule has 1 atom stereocenters. The molecule has 0 heterocycles. The quantitative estimate of drug-likeness (QED) is 0.833. The van der Waals surface area contributed by atoms with Gasteiger partial charge in [-0.25, -0.2) is 0 Å². The molecule has 0 aromatic heterocycles. The molecule has 0 fully saturated rings. The fourth-order valence-electron chi connectivity index (χ4n) is 1.48. The van der Waals surface area contributed by atoms with Crippen molar-refractivity contribution in [3.63, 3.8) is 0 Å². The Morgan fingerprint density at radius 3 is 2.41 bits per heavy atom. The van der Waals surface area contributed by atoms with E-state index in [1.165, 1.54) is 5.56 Å². The van der Waals surface area contributed by atoms with Gasteiger partial charge in [-0.2, -0.15) is 0 Å². The van der Waals surface area contributed by atoms with Crippen molar-refractivity contribution in [1.82, 2.24) is 5.32 Å². The summed E-state index contributed by atoms with van der Waals surface area (Å²) < 4.78 is 0. The molecular weight excluding hydrogens is 212 g/mol. The fourth-order valence-corrected chi connectivity index (χ4v) is 1.48. The molecule has 0 aliphatic heterocycles. The van der Waals surface area contributed by atoms with Crippen molar-refractivity contribution < 1.29 is 4.79 Å². The van der Waals surface area contributed by atoms with Gasteiger partial charge in [-0.1, -0.05) is 51.1 Å². The van der Waals surface area contributed by atoms with E-state index >= 15 is 0 Å². The van der Waals surface area contributed by atoms with Crippen molar-refractivity contribution in [2.75, 3.05) is 6.54 Å². The average Bonchev–Trinajstić information content (AvgIpc) is 2.28. The van der Waals surface area contributed by atoms with E-state index < -0.39 is 6.04 Å². The molecule has 3 nitrogen and oxygen atoms in total. The number of nitrogens with two attached hydrogens (primary N) is 1. The highest BCUT2D eigenvalue weighted by atomic mass is 16.2. The van der Waals surface area contributed by atoms with Gasteiger partial charge in [0, 0.05) is 6.54 Å². The first-order valence-electron chi connectivity index (χ1n) is 5.98. The van der Waals surface area contributed by atoms with Crippen molar-refractivity contribution >= 4 is 5.91 Å². The molecule has 1 aromatic rings. The summed E-state index contributed by atoms with van der Waals surface area (Å²) in [5.41, 5.74) is 6.88. The Bertz CT molecular complexity index is 354. The number of hydrogen-bond donors (Lipinski definition) is 2. The van der Waals surface area contributed by atoms with Crippen molar-refractivity contribution in [3.05, 3.63) is 35.9 Å². The molecular formula is C14H22N2O. The van der Waals surface area contributed by atoms with Gasteiger partial charge < -0.3 is 11.1 Å². The van der Waals surface area contributed by atoms with Crippen LogP contribution in [0.4, 0.5) is 0 Å². The number of hydrogen-bond acceptors (Lipinski definition) is 2. The Morgan fingerprint density at radius 2 is 1.88 bits per heavy atom. The number of carbonyl (C=O) groups is 1. The molecule has 0 bridgehead atoms. The van der Waals surface area contributed by atoms with Gasteiger partial charge in [0.2, 0.25) is 5.91 Å². The molecule has 1 amide bonds. The van der Waals surface area contributed by atoms with Crippen LogP contribution in [0.15, 0.2) is 30.3 Å². The maximum absolute atomic E-state index is 11.7. The SMILES string of the molecule is CC(C)(C)[C@H](N)C(=O)NCCc1ccccc1. The van der Waals surface area contributed by atoms with Crippen LogP contribution in [0.5, 0.6) is 0 Å². The van der Waals surface area contributed by atoms with Gasteiger partial charge in [0.15, 0.2) is 0 Å². The number of nitrogens with one attached hydrogen (secondary N) is 1. The summed E-state index contributed by atoms with van der Waals surface area (Å²) in [4.78, 5) is 11.7. The fraction of sp³-hybridized carbons (Fsp3) is 0.500. The molecule has 0 aliphatic carbocycles. The van der Waals surface area contributed by atoms with E-state index in [0.717, 1.165) is 6.42 Å². The Morgan fingerprint density at radius 1 is 1.29 bits per heavy atom. The molecule has 1 rings (SSSR count). The highest BCUT2D eigenvalue weighted by molar-refractivity contribution is 5.82. The summed E-state index contributed by atoms with van der Waals surface area (Å²) in [6, 6.07) is 9.62. The van der Waals surface area contributed by atoms with E-state index in [2.05, 4.69) is 17.4 Å². The third-order valence-electron chi connectivity index (χ3n) is 2.77. The lowest BCUT2D eigenvalue weighted by Gasteiger charge is -2.25. The van der Waals surface area contributed by atoms with Crippen LogP contribution in [0.2, 0.25) is 0 Å². The summed E-state index contributed by atoms with van der Waals surface area (Å²) in [5.74, 6) is -0.0755. The van der Waals surface area contributed by atoms with E-state index in [4.69, 9.17) is 5.73 Å². The van der Waals surface area contributed by atoms with Gasteiger partial charge in [0.05, 0.1) is 6.04 Å². The minimum Gasteiger partial charge on any atom is -0.354 e. The van der Waals surface area contributed by atoms with Gasteiger partial charge >= 0.3 is 0 Å². The molecule has 0 saturated heterocycles. The summed E-state index contributed by atoms with van der Waals surface area (Å²) in [6.45, 7) is 6.53. The zero-order valence-corrected chi connectivity index (χ0v) is 10.9. The summed E-state index contributed by atoms with van der Waals surface area (Å²) >= 11 is 0. The molecule has 0 saturated carbocycles. The Hall–Kier alpha value is -1.35. The lowest BCUT2D eigenvalue weighted by molar-refractivity contribution is -0.124. The minimum atomic E-state index is -0.460. The van der Waals surface area contributed by atoms with Gasteiger partial charge in [0.25, 0.3) is 0 Å². The van der Waals surface area contributed by atoms with Crippen LogP contribution in [0.1, 0.15) is 26.3 Å². The first-order valence-corrected chi connectivity index (χ1v) is 5.98. The summed E-state index contributed by atoms with van der Waals surface area (Å²) in [6.07, 6.45) is 0.837. The zero-order chi connectivity index (χ0) is 12.9. The standard InChI is InChI=1S/C14H22N2O/c1-14(2,3)12(15)13(17)16-10-9-11-7-5-4-6-8-11/h4-8,12H,9-10,15H2,1-3H3,(H,16,17)/t12-/m1/s1. The van der Waals surface area contributed by atoms with E-state index in [-0.39, 0.29) is 11.3 Å². The highest BCUT2D eigenvalue weighted by Crippen LogP contribution is 2.17. The molecule has 0 spiro atoms. The van der Waals surface area contributed by atoms with Crippen LogP contribution in [0, 0.1) is 5.41 Å². The van der Waals surface area contributed by atoms with Crippen molar-refractivity contribution in [2.45, 2.75) is 33.2 Å². The van der Waals surface area contributed by atoms with Gasteiger partial charge in [-0.3, -0.25) is 4.79 Å². The molecule has 0 radical (unpaired) electrons. The van der Waals surface area contributed by atoms with Gasteiger partial charge in [-0.05, 0) is 17.4 Å². The molecule has 3 N–H and O–H groups in total. The van der Waals surface area contributed by atoms with E-state index in [1.54, 1.807) is 0 Å². The van der Waals surface area contributed by atoms with Crippen LogP contribution in [0.3, 0.4) is 0 Å². The molecule has 94 valence electrons. The third kappa shape index (κ3) is 4.57. The smallest absolute Gasteiger partial charge is 0.237 e. The predicted octanol–water partition coefficient (Wildman–Crippen LogP) is 1.72. The first kappa shape index (κ1) is 13.7. The first-order chi connectivity index (χ1) is 7.91. The highest BCUT2D eigenvalue weighted by Gasteiger charge is 2.26. The maximum Gasteiger partial charge on any atom is 0.237 e. The van der Waals surface area contributed by atoms with Crippen LogP contribution >= 0.6 is 0 Å². The second-order valence-electron chi connectivity index (χ2n) is 5.37. The van der Waals surface area contributed by atoms with Gasteiger partial charge in [-0.15, -0.1) is 0 Å². The van der Waals surface area contributed by atoms with Crippen LogP contribution in [-0.4, -0.2) is 18.5 Å². The minimum absolute atomic E-state index is 0.0755. The molecule has 1 aromatic carbocycles. The Balaban J connectivity index is 2.35. The normalized spacial score (nSPS) is 13.2. The lowest BCUT2D eigenvalue weighted by Crippen LogP contribution is -2.48. The third-order valence-corrected chi connectivity index (χ3v) is 2.77. The Kier molecular flexibility index (Phi) is 4.70. The van der Waals surface area contributed by atoms with Crippen LogP contribution in [-0.2, 0) is 11.2 Å². The summed E-state index contributed by atoms with van der Waals surface area (Å²) in [7, 11) is 0. The molecule has 0 unspecified atom stereocenters. The van der Waals surface area contributed by atoms with Crippen molar-refractivity contribution in [3.8, 4) is 0 Å². The van der Waals surface area contributed by atoms with E-state index in [0.29, 0.717) is 6.54 Å². The second kappa shape index (κ2) is 5.82. The van der Waals surface area contributed by atoms with Gasteiger partial charge in [0.1, 0.15) is 0 Å². The monoisotopic (exact) mass is 234 g/mol. The Labute approximate surface area is 103 Å². The number of benzene rings is 1. The van der Waals surface area contributed by atoms with Crippen molar-refractivity contribution in [1.29, 1.82) is 0 Å². The molecule has 17 heavy (non-hydrogen) atoms. The zero-order valence-electron chi connectivity index (χ0n) is 10.9. The molecule has 0 aliphatic rings. The van der Waals surface area contributed by atoms with Crippen LogP contribution < -0.4 is 11.1 Å². The number of amides is 1. The second-order valence-corrected chi connectivity index (χ2v) is 5.37. The maximum atomic E-state index is 11.7. The number of rotatable bonds is 4. The van der Waals surface area contributed by atoms with Crippen molar-refractivity contribution in [2.24, 2.45) is 11.1 Å². The number of carbonyl (C=O) groups excluding carboxylic acids is 1. The molecule has 3 heteroatoms. The van der Waals surface area contributed by atoms with Crippen LogP contribution in [0.25, 0.3) is 0 Å². The van der Waals surface area contributed by atoms with E-state index in [1.807, 2.05) is 39.0 Å². The predicted molar refractivity (Wildman–Crippen MR) is 70.6 cm³/mol. The average molecular weight is 234 g/mol. The topological polar surface area (TPSA) is 55.1 Å². The summed E-state index contributed by atoms with van der Waals surface area (Å²) in [5, 5.41) is 2.87. The largest absolute Gasteiger partial charge is 0.354 e. The van der Waals surface area contributed by atoms with E-state index in [9.17, 15) is 4.79 Å².